The molecule has 0 saturated carbocycles. The van der Waals surface area contributed by atoms with Crippen LogP contribution in [0.2, 0.25) is 0 Å². The molecule has 0 spiro atoms. The van der Waals surface area contributed by atoms with Gasteiger partial charge in [0.1, 0.15) is 0 Å². The standard InChI is InChI=1S/C14H17/c1-3-7-13(8-4-1)11-12-14-9-5-2-6-10-14/h1,3-5,7-9,11,14H,2,6,10,12H2. The summed E-state index contributed by atoms with van der Waals surface area (Å²) in [5.41, 5.74) is 1.35. The van der Waals surface area contributed by atoms with Crippen molar-refractivity contribution in [2.75, 3.05) is 0 Å². The monoisotopic (exact) mass is 185 g/mol. The molecule has 0 heterocycles. The largest absolute Gasteiger partial charge is 0.0883 e. The molecule has 73 valence electrons. The molecule has 14 heavy (non-hydrogen) atoms. The maximum atomic E-state index is 2.38. The molecule has 0 amide bonds. The van der Waals surface area contributed by atoms with E-state index in [1.807, 2.05) is 0 Å². The van der Waals surface area contributed by atoms with Gasteiger partial charge in [-0.05, 0) is 43.6 Å². The minimum Gasteiger partial charge on any atom is -0.0883 e. The molecule has 0 saturated heterocycles. The predicted octanol–water partition coefficient (Wildman–Crippen LogP) is 3.99. The summed E-state index contributed by atoms with van der Waals surface area (Å²) in [4.78, 5) is 0. The summed E-state index contributed by atoms with van der Waals surface area (Å²) in [6.45, 7) is 0. The van der Waals surface area contributed by atoms with Crippen LogP contribution in [0.1, 0.15) is 31.2 Å². The maximum absolute atomic E-state index is 2.38. The lowest BCUT2D eigenvalue weighted by atomic mass is 9.90. The van der Waals surface area contributed by atoms with E-state index >= 15 is 0 Å². The van der Waals surface area contributed by atoms with E-state index in [2.05, 4.69) is 48.9 Å². The second kappa shape index (κ2) is 4.99. The van der Waals surface area contributed by atoms with E-state index in [0.29, 0.717) is 0 Å². The molecule has 1 aromatic rings. The third-order valence-electron chi connectivity index (χ3n) is 2.81. The molecule has 1 radical (unpaired) electrons. The van der Waals surface area contributed by atoms with Crippen LogP contribution in [0.15, 0.2) is 42.5 Å². The molecule has 1 atom stereocenters. The minimum atomic E-state index is 0.781. The Kier molecular flexibility index (Phi) is 3.39. The van der Waals surface area contributed by atoms with Crippen LogP contribution in [0.25, 0.3) is 0 Å². The highest BCUT2D eigenvalue weighted by molar-refractivity contribution is 5.22. The first-order valence-electron chi connectivity index (χ1n) is 5.50. The molecule has 0 aliphatic heterocycles. The van der Waals surface area contributed by atoms with Crippen molar-refractivity contribution in [3.63, 3.8) is 0 Å². The Labute approximate surface area is 86.7 Å². The number of hydrogen-bond acceptors (Lipinski definition) is 0. The molecule has 0 nitrogen and oxygen atoms in total. The van der Waals surface area contributed by atoms with Gasteiger partial charge in [0.15, 0.2) is 0 Å². The fraction of sp³-hybridized carbons (Fsp3) is 0.357. The zero-order valence-corrected chi connectivity index (χ0v) is 8.52. The Hall–Kier alpha value is -1.04. The summed E-state index contributed by atoms with van der Waals surface area (Å²) < 4.78 is 0. The van der Waals surface area contributed by atoms with E-state index in [-0.39, 0.29) is 0 Å². The van der Waals surface area contributed by atoms with Crippen molar-refractivity contribution >= 4 is 0 Å². The van der Waals surface area contributed by atoms with E-state index in [1.165, 1.54) is 31.2 Å². The van der Waals surface area contributed by atoms with Gasteiger partial charge in [0, 0.05) is 0 Å². The van der Waals surface area contributed by atoms with Gasteiger partial charge >= 0.3 is 0 Å². The smallest absolute Gasteiger partial charge is 0.00873 e. The normalized spacial score (nSPS) is 21.0. The molecular formula is C14H17. The van der Waals surface area contributed by atoms with Crippen LogP contribution in [0, 0.1) is 12.3 Å². The lowest BCUT2D eigenvalue weighted by molar-refractivity contribution is 0.537. The molecule has 1 aromatic carbocycles. The lowest BCUT2D eigenvalue weighted by Crippen LogP contribution is -2.01. The van der Waals surface area contributed by atoms with Crippen molar-refractivity contribution in [3.8, 4) is 0 Å². The van der Waals surface area contributed by atoms with Crippen LogP contribution < -0.4 is 0 Å². The summed E-state index contributed by atoms with van der Waals surface area (Å²) in [5, 5.41) is 0. The minimum absolute atomic E-state index is 0.781. The van der Waals surface area contributed by atoms with Crippen molar-refractivity contribution in [2.45, 2.75) is 25.7 Å². The molecular weight excluding hydrogens is 168 g/mol. The van der Waals surface area contributed by atoms with Crippen molar-refractivity contribution in [1.82, 2.24) is 0 Å². The topological polar surface area (TPSA) is 0 Å². The van der Waals surface area contributed by atoms with Crippen LogP contribution in [0.3, 0.4) is 0 Å². The predicted molar refractivity (Wildman–Crippen MR) is 60.9 cm³/mol. The zero-order valence-electron chi connectivity index (χ0n) is 8.52. The summed E-state index contributed by atoms with van der Waals surface area (Å²) in [7, 11) is 0. The van der Waals surface area contributed by atoms with Gasteiger partial charge < -0.3 is 0 Å². The fourth-order valence-electron chi connectivity index (χ4n) is 1.96. The highest BCUT2D eigenvalue weighted by Crippen LogP contribution is 2.22. The first kappa shape index (κ1) is 9.51. The highest BCUT2D eigenvalue weighted by Gasteiger charge is 2.07. The Morgan fingerprint density at radius 3 is 2.79 bits per heavy atom. The highest BCUT2D eigenvalue weighted by atomic mass is 14.1. The molecule has 0 aromatic heterocycles. The Bertz CT molecular complexity index is 284. The zero-order chi connectivity index (χ0) is 9.64. The van der Waals surface area contributed by atoms with Crippen molar-refractivity contribution in [3.05, 3.63) is 54.5 Å². The molecule has 1 aliphatic carbocycles. The van der Waals surface area contributed by atoms with E-state index in [4.69, 9.17) is 0 Å². The Morgan fingerprint density at radius 2 is 2.07 bits per heavy atom. The summed E-state index contributed by atoms with van der Waals surface area (Å²) in [5.74, 6) is 0.781. The van der Waals surface area contributed by atoms with Gasteiger partial charge in [0.2, 0.25) is 0 Å². The summed E-state index contributed by atoms with van der Waals surface area (Å²) in [6, 6.07) is 10.6. The first-order chi connectivity index (χ1) is 6.95. The molecule has 0 fully saturated rings. The SMILES string of the molecule is [CH](CC1C=CCCC1)c1ccccc1. The number of benzene rings is 1. The van der Waals surface area contributed by atoms with Crippen LogP contribution >= 0.6 is 0 Å². The number of allylic oxidation sites excluding steroid dienone is 2. The maximum Gasteiger partial charge on any atom is -0.00873 e. The molecule has 0 bridgehead atoms. The average molecular weight is 185 g/mol. The first-order valence-corrected chi connectivity index (χ1v) is 5.50. The van der Waals surface area contributed by atoms with Crippen LogP contribution in [-0.4, -0.2) is 0 Å². The molecule has 2 rings (SSSR count). The lowest BCUT2D eigenvalue weighted by Gasteiger charge is -2.15. The average Bonchev–Trinajstić information content (AvgIpc) is 2.29. The molecule has 0 N–H and O–H groups in total. The second-order valence-corrected chi connectivity index (χ2v) is 3.97. The molecule has 1 unspecified atom stereocenters. The van der Waals surface area contributed by atoms with Gasteiger partial charge in [-0.2, -0.15) is 0 Å². The van der Waals surface area contributed by atoms with Crippen molar-refractivity contribution in [1.29, 1.82) is 0 Å². The molecule has 0 heteroatoms. The third kappa shape index (κ3) is 2.73. The van der Waals surface area contributed by atoms with Crippen LogP contribution in [0.5, 0.6) is 0 Å². The number of rotatable bonds is 3. The Balaban J connectivity index is 1.82. The van der Waals surface area contributed by atoms with E-state index < -0.39 is 0 Å². The number of hydrogen-bond donors (Lipinski definition) is 0. The van der Waals surface area contributed by atoms with E-state index in [9.17, 15) is 0 Å². The van der Waals surface area contributed by atoms with Gasteiger partial charge in [0.25, 0.3) is 0 Å². The van der Waals surface area contributed by atoms with Gasteiger partial charge in [-0.25, -0.2) is 0 Å². The van der Waals surface area contributed by atoms with Gasteiger partial charge in [-0.3, -0.25) is 0 Å². The van der Waals surface area contributed by atoms with Gasteiger partial charge in [-0.15, -0.1) is 0 Å². The Morgan fingerprint density at radius 1 is 1.21 bits per heavy atom. The van der Waals surface area contributed by atoms with Crippen molar-refractivity contribution < 1.29 is 0 Å². The molecule has 1 aliphatic rings. The second-order valence-electron chi connectivity index (χ2n) is 3.97. The van der Waals surface area contributed by atoms with Gasteiger partial charge in [-0.1, -0.05) is 42.5 Å². The van der Waals surface area contributed by atoms with E-state index in [1.54, 1.807) is 0 Å². The van der Waals surface area contributed by atoms with Gasteiger partial charge in [0.05, 0.1) is 0 Å². The summed E-state index contributed by atoms with van der Waals surface area (Å²) in [6.07, 6.45) is 12.3. The van der Waals surface area contributed by atoms with Crippen molar-refractivity contribution in [2.24, 2.45) is 5.92 Å². The quantitative estimate of drug-likeness (QED) is 0.625. The van der Waals surface area contributed by atoms with Crippen LogP contribution in [0.4, 0.5) is 0 Å². The summed E-state index contributed by atoms with van der Waals surface area (Å²) >= 11 is 0. The third-order valence-corrected chi connectivity index (χ3v) is 2.81. The van der Waals surface area contributed by atoms with E-state index in [0.717, 1.165) is 5.92 Å². The fourth-order valence-corrected chi connectivity index (χ4v) is 1.96. The van der Waals surface area contributed by atoms with Crippen LogP contribution in [-0.2, 0) is 0 Å².